The Morgan fingerprint density at radius 2 is 2.06 bits per heavy atom. The van der Waals surface area contributed by atoms with Crippen LogP contribution in [0.5, 0.6) is 5.75 Å². The van der Waals surface area contributed by atoms with Crippen LogP contribution in [0, 0.1) is 5.82 Å². The van der Waals surface area contributed by atoms with Gasteiger partial charge in [-0.2, -0.15) is 13.2 Å². The normalized spacial score (nSPS) is 16.1. The zero-order valence-electron chi connectivity index (χ0n) is 18.6. The first kappa shape index (κ1) is 26.1. The molecule has 4 rings (SSSR count). The van der Waals surface area contributed by atoms with Crippen LogP contribution < -0.4 is 10.5 Å². The standard InChI is InChI=1S/C23H19Cl2F4N3O4/c1-10(16-14(24)2-3-15(26)17(16)25)36-19-18-12(8-31-21(19)30)13(9-35-18)11-4-6-32(7-5-11)22(34)20(33)23(27,28)29/h2-4,8-10,20,33H,5-7H2,1H3,(H2,30,31)/t10-,20?/m1/s1. The Labute approximate surface area is 212 Å². The van der Waals surface area contributed by atoms with Crippen molar-refractivity contribution in [3.63, 3.8) is 0 Å². The summed E-state index contributed by atoms with van der Waals surface area (Å²) in [6, 6.07) is 2.48. The number of pyridine rings is 1. The van der Waals surface area contributed by atoms with Crippen molar-refractivity contribution < 1.29 is 36.6 Å². The minimum atomic E-state index is -5.04. The van der Waals surface area contributed by atoms with E-state index in [0.717, 1.165) is 11.0 Å². The average molecular weight is 548 g/mol. The zero-order valence-corrected chi connectivity index (χ0v) is 20.1. The van der Waals surface area contributed by atoms with Gasteiger partial charge in [-0.15, -0.1) is 0 Å². The number of aliphatic hydroxyl groups is 1. The number of anilines is 1. The molecule has 36 heavy (non-hydrogen) atoms. The highest BCUT2D eigenvalue weighted by Crippen LogP contribution is 2.41. The van der Waals surface area contributed by atoms with Crippen molar-refractivity contribution in [3.8, 4) is 5.75 Å². The van der Waals surface area contributed by atoms with Crippen LogP contribution in [0.15, 0.2) is 35.1 Å². The number of furan rings is 1. The van der Waals surface area contributed by atoms with E-state index in [1.165, 1.54) is 18.5 Å². The number of nitrogens with two attached hydrogens (primary N) is 1. The van der Waals surface area contributed by atoms with Gasteiger partial charge in [0.1, 0.15) is 11.9 Å². The van der Waals surface area contributed by atoms with Crippen molar-refractivity contribution in [2.24, 2.45) is 0 Å². The van der Waals surface area contributed by atoms with Gasteiger partial charge in [-0.1, -0.05) is 29.3 Å². The number of carbonyl (C=O) groups excluding carboxylic acids is 1. The molecule has 2 atom stereocenters. The highest BCUT2D eigenvalue weighted by Gasteiger charge is 2.45. The number of carbonyl (C=O) groups is 1. The molecular formula is C23H19Cl2F4N3O4. The maximum Gasteiger partial charge on any atom is 0.423 e. The number of amides is 1. The lowest BCUT2D eigenvalue weighted by atomic mass is 9.99. The fraction of sp³-hybridized carbons (Fsp3) is 0.304. The molecule has 1 amide bonds. The van der Waals surface area contributed by atoms with Crippen molar-refractivity contribution in [2.75, 3.05) is 18.8 Å². The minimum absolute atomic E-state index is 0.00516. The van der Waals surface area contributed by atoms with Gasteiger partial charge in [0.2, 0.25) is 11.9 Å². The molecule has 0 radical (unpaired) electrons. The number of aliphatic hydroxyl groups excluding tert-OH is 1. The van der Waals surface area contributed by atoms with E-state index in [1.807, 2.05) is 0 Å². The molecule has 2 aromatic heterocycles. The lowest BCUT2D eigenvalue weighted by Gasteiger charge is -2.28. The second kappa shape index (κ2) is 9.79. The summed E-state index contributed by atoms with van der Waals surface area (Å²) >= 11 is 12.3. The van der Waals surface area contributed by atoms with Gasteiger partial charge in [0.15, 0.2) is 11.4 Å². The maximum absolute atomic E-state index is 14.0. The SMILES string of the molecule is C[C@@H](Oc1c(N)ncc2c(C3=CCN(C(=O)C(O)C(F)(F)F)CC3)coc12)c1c(Cl)ccc(F)c1Cl. The molecule has 3 N–H and O–H groups in total. The van der Waals surface area contributed by atoms with Gasteiger partial charge in [0.05, 0.1) is 16.7 Å². The molecular weight excluding hydrogens is 529 g/mol. The Morgan fingerprint density at radius 1 is 1.33 bits per heavy atom. The van der Waals surface area contributed by atoms with Crippen molar-refractivity contribution in [2.45, 2.75) is 31.7 Å². The summed E-state index contributed by atoms with van der Waals surface area (Å²) in [4.78, 5) is 17.0. The molecule has 3 heterocycles. The number of benzene rings is 1. The summed E-state index contributed by atoms with van der Waals surface area (Å²) in [5.41, 5.74) is 7.74. The number of nitrogen functional groups attached to an aromatic ring is 1. The first-order valence-corrected chi connectivity index (χ1v) is 11.3. The lowest BCUT2D eigenvalue weighted by Crippen LogP contribution is -2.47. The summed E-state index contributed by atoms with van der Waals surface area (Å²) < 4.78 is 63.6. The molecule has 0 saturated carbocycles. The Morgan fingerprint density at radius 3 is 2.69 bits per heavy atom. The number of alkyl halides is 3. The van der Waals surface area contributed by atoms with Gasteiger partial charge >= 0.3 is 6.18 Å². The number of nitrogens with zero attached hydrogens (tertiary/aromatic N) is 2. The number of aromatic nitrogens is 1. The third kappa shape index (κ3) is 4.82. The van der Waals surface area contributed by atoms with Crippen LogP contribution in [-0.4, -0.2) is 46.3 Å². The Balaban J connectivity index is 1.61. The second-order valence-electron chi connectivity index (χ2n) is 8.09. The quantitative estimate of drug-likeness (QED) is 0.321. The van der Waals surface area contributed by atoms with E-state index in [1.54, 1.807) is 13.0 Å². The third-order valence-corrected chi connectivity index (χ3v) is 6.51. The van der Waals surface area contributed by atoms with Gasteiger partial charge in [-0.05, 0) is 31.1 Å². The first-order valence-electron chi connectivity index (χ1n) is 10.6. The number of hydrogen-bond donors (Lipinski definition) is 2. The average Bonchev–Trinajstić information content (AvgIpc) is 3.26. The van der Waals surface area contributed by atoms with E-state index in [2.05, 4.69) is 4.98 Å². The molecule has 0 bridgehead atoms. The van der Waals surface area contributed by atoms with E-state index >= 15 is 0 Å². The molecule has 3 aromatic rings. The molecule has 0 saturated heterocycles. The first-order chi connectivity index (χ1) is 16.9. The molecule has 7 nitrogen and oxygen atoms in total. The van der Waals surface area contributed by atoms with Gasteiger partial charge in [-0.3, -0.25) is 4.79 Å². The molecule has 1 unspecified atom stereocenters. The van der Waals surface area contributed by atoms with Gasteiger partial charge in [0, 0.05) is 35.4 Å². The maximum atomic E-state index is 14.0. The van der Waals surface area contributed by atoms with Crippen LogP contribution in [0.2, 0.25) is 10.0 Å². The predicted molar refractivity (Wildman–Crippen MR) is 125 cm³/mol. The van der Waals surface area contributed by atoms with Crippen LogP contribution in [0.3, 0.4) is 0 Å². The molecule has 1 aromatic carbocycles. The second-order valence-corrected chi connectivity index (χ2v) is 8.87. The van der Waals surface area contributed by atoms with E-state index in [9.17, 15) is 27.5 Å². The highest BCUT2D eigenvalue weighted by atomic mass is 35.5. The largest absolute Gasteiger partial charge is 0.478 e. The Hall–Kier alpha value is -3.02. The molecule has 0 aliphatic carbocycles. The number of rotatable bonds is 5. The number of ether oxygens (including phenoxy) is 1. The molecule has 192 valence electrons. The number of fused-ring (bicyclic) bond motifs is 1. The van der Waals surface area contributed by atoms with Crippen molar-refractivity contribution >= 4 is 51.5 Å². The molecule has 1 aliphatic rings. The number of hydrogen-bond acceptors (Lipinski definition) is 6. The Bertz CT molecular complexity index is 1360. The van der Waals surface area contributed by atoms with E-state index in [4.69, 9.17) is 38.1 Å². The topological polar surface area (TPSA) is 102 Å². The Kier molecular flexibility index (Phi) is 7.09. The minimum Gasteiger partial charge on any atom is -0.478 e. The molecule has 1 aliphatic heterocycles. The van der Waals surface area contributed by atoms with Crippen LogP contribution >= 0.6 is 23.2 Å². The number of halogens is 6. The van der Waals surface area contributed by atoms with Crippen molar-refractivity contribution in [3.05, 3.63) is 57.7 Å². The summed E-state index contributed by atoms with van der Waals surface area (Å²) in [5, 5.41) is 9.73. The molecule has 0 spiro atoms. The molecule has 0 fully saturated rings. The fourth-order valence-corrected chi connectivity index (χ4v) is 4.60. The van der Waals surface area contributed by atoms with Crippen LogP contribution in [0.1, 0.15) is 30.6 Å². The molecule has 13 heteroatoms. The van der Waals surface area contributed by atoms with Crippen LogP contribution in [0.4, 0.5) is 23.4 Å². The van der Waals surface area contributed by atoms with E-state index in [0.29, 0.717) is 16.5 Å². The van der Waals surface area contributed by atoms with E-state index < -0.39 is 30.1 Å². The van der Waals surface area contributed by atoms with Crippen LogP contribution in [-0.2, 0) is 4.79 Å². The van der Waals surface area contributed by atoms with Gasteiger partial charge < -0.3 is 24.9 Å². The third-order valence-electron chi connectivity index (χ3n) is 5.79. The van der Waals surface area contributed by atoms with E-state index in [-0.39, 0.29) is 52.3 Å². The van der Waals surface area contributed by atoms with Gasteiger partial charge in [-0.25, -0.2) is 9.37 Å². The summed E-state index contributed by atoms with van der Waals surface area (Å²) in [6.07, 6.45) is -4.31. The van der Waals surface area contributed by atoms with Gasteiger partial charge in [0.25, 0.3) is 5.91 Å². The summed E-state index contributed by atoms with van der Waals surface area (Å²) in [6.45, 7) is 1.43. The fourth-order valence-electron chi connectivity index (χ4n) is 3.92. The monoisotopic (exact) mass is 547 g/mol. The van der Waals surface area contributed by atoms with Crippen molar-refractivity contribution in [1.29, 1.82) is 0 Å². The summed E-state index contributed by atoms with van der Waals surface area (Å²) in [5.74, 6) is -2.02. The van der Waals surface area contributed by atoms with Crippen molar-refractivity contribution in [1.82, 2.24) is 9.88 Å². The predicted octanol–water partition coefficient (Wildman–Crippen LogP) is 5.53. The lowest BCUT2D eigenvalue weighted by molar-refractivity contribution is -0.210. The summed E-state index contributed by atoms with van der Waals surface area (Å²) in [7, 11) is 0. The smallest absolute Gasteiger partial charge is 0.423 e. The zero-order chi connectivity index (χ0) is 26.4. The highest BCUT2D eigenvalue weighted by molar-refractivity contribution is 6.36. The van der Waals surface area contributed by atoms with Crippen LogP contribution in [0.25, 0.3) is 16.5 Å².